The minimum absolute atomic E-state index is 0.378. The van der Waals surface area contributed by atoms with Gasteiger partial charge >= 0.3 is 0 Å². The molecular formula is C16H27NO2. The molecule has 0 spiro atoms. The Balaban J connectivity index is 2.75. The Kier molecular flexibility index (Phi) is 8.26. The molecule has 0 aliphatic heterocycles. The molecule has 0 aliphatic carbocycles. The first-order valence-corrected chi connectivity index (χ1v) is 7.27. The summed E-state index contributed by atoms with van der Waals surface area (Å²) < 4.78 is 10.9. The number of methoxy groups -OCH3 is 1. The number of hydrogen-bond acceptors (Lipinski definition) is 3. The highest BCUT2D eigenvalue weighted by Crippen LogP contribution is 2.28. The van der Waals surface area contributed by atoms with E-state index in [4.69, 9.17) is 9.47 Å². The molecule has 0 aromatic heterocycles. The summed E-state index contributed by atoms with van der Waals surface area (Å²) in [6.45, 7) is 6.56. The summed E-state index contributed by atoms with van der Waals surface area (Å²) in [4.78, 5) is 0. The van der Waals surface area contributed by atoms with E-state index in [1.54, 1.807) is 7.11 Å². The van der Waals surface area contributed by atoms with Crippen molar-refractivity contribution in [1.29, 1.82) is 0 Å². The Morgan fingerprint density at radius 1 is 1.16 bits per heavy atom. The van der Waals surface area contributed by atoms with Gasteiger partial charge in [-0.15, -0.1) is 0 Å². The molecule has 1 aromatic carbocycles. The first-order chi connectivity index (χ1) is 9.33. The van der Waals surface area contributed by atoms with Crippen LogP contribution in [-0.2, 0) is 4.74 Å². The number of unbranched alkanes of at least 4 members (excludes halogenated alkanes) is 1. The third-order valence-corrected chi connectivity index (χ3v) is 3.14. The van der Waals surface area contributed by atoms with Crippen LogP contribution in [-0.4, -0.2) is 26.9 Å². The molecule has 0 radical (unpaired) electrons. The van der Waals surface area contributed by atoms with Crippen molar-refractivity contribution in [2.45, 2.75) is 39.2 Å². The summed E-state index contributed by atoms with van der Waals surface area (Å²) in [5.74, 6) is 0.974. The summed E-state index contributed by atoms with van der Waals surface area (Å²) in [6.07, 6.45) is 3.59. The molecular weight excluding hydrogens is 238 g/mol. The van der Waals surface area contributed by atoms with Crippen LogP contribution in [0.1, 0.15) is 44.7 Å². The molecule has 19 heavy (non-hydrogen) atoms. The lowest BCUT2D eigenvalue weighted by Gasteiger charge is -2.21. The number of benzene rings is 1. The third kappa shape index (κ3) is 5.62. The zero-order valence-corrected chi connectivity index (χ0v) is 12.4. The molecule has 0 amide bonds. The lowest BCUT2D eigenvalue weighted by molar-refractivity contribution is 0.145. The Morgan fingerprint density at radius 2 is 1.95 bits per heavy atom. The highest BCUT2D eigenvalue weighted by molar-refractivity contribution is 5.36. The Morgan fingerprint density at radius 3 is 2.63 bits per heavy atom. The lowest BCUT2D eigenvalue weighted by Crippen LogP contribution is -2.21. The molecule has 1 rings (SSSR count). The summed E-state index contributed by atoms with van der Waals surface area (Å²) in [6, 6.07) is 8.68. The lowest BCUT2D eigenvalue weighted by atomic mass is 10.00. The maximum atomic E-state index is 5.82. The standard InChI is InChI=1S/C16H27NO2/c1-4-6-10-15(17-5-2)14-9-7-8-11-16(14)19-13-12-18-3/h7-9,11,15,17H,4-6,10,12-13H2,1-3H3. The van der Waals surface area contributed by atoms with Crippen molar-refractivity contribution >= 4 is 0 Å². The molecule has 1 N–H and O–H groups in total. The van der Waals surface area contributed by atoms with Gasteiger partial charge < -0.3 is 14.8 Å². The molecule has 1 atom stereocenters. The van der Waals surface area contributed by atoms with E-state index < -0.39 is 0 Å². The Hall–Kier alpha value is -1.06. The molecule has 0 heterocycles. The monoisotopic (exact) mass is 265 g/mol. The van der Waals surface area contributed by atoms with Gasteiger partial charge in [-0.05, 0) is 19.0 Å². The van der Waals surface area contributed by atoms with E-state index >= 15 is 0 Å². The number of nitrogens with one attached hydrogen (secondary N) is 1. The van der Waals surface area contributed by atoms with E-state index in [9.17, 15) is 0 Å². The Bertz CT molecular complexity index is 341. The van der Waals surface area contributed by atoms with Crippen LogP contribution in [0.5, 0.6) is 5.75 Å². The van der Waals surface area contributed by atoms with Gasteiger partial charge in [0.05, 0.1) is 6.61 Å². The minimum Gasteiger partial charge on any atom is -0.491 e. The number of para-hydroxylation sites is 1. The smallest absolute Gasteiger partial charge is 0.124 e. The van der Waals surface area contributed by atoms with Crippen molar-refractivity contribution in [2.24, 2.45) is 0 Å². The van der Waals surface area contributed by atoms with Crippen molar-refractivity contribution in [3.63, 3.8) is 0 Å². The number of rotatable bonds is 10. The maximum absolute atomic E-state index is 5.82. The van der Waals surface area contributed by atoms with Crippen LogP contribution in [0.3, 0.4) is 0 Å². The first kappa shape index (κ1) is 16.0. The second-order valence-corrected chi connectivity index (χ2v) is 4.63. The zero-order chi connectivity index (χ0) is 13.9. The second kappa shape index (κ2) is 9.82. The number of ether oxygens (including phenoxy) is 2. The average molecular weight is 265 g/mol. The first-order valence-electron chi connectivity index (χ1n) is 7.27. The second-order valence-electron chi connectivity index (χ2n) is 4.63. The van der Waals surface area contributed by atoms with Crippen molar-refractivity contribution in [3.8, 4) is 5.75 Å². The Labute approximate surface area is 117 Å². The highest BCUT2D eigenvalue weighted by Gasteiger charge is 2.14. The van der Waals surface area contributed by atoms with E-state index in [0.29, 0.717) is 19.3 Å². The van der Waals surface area contributed by atoms with Gasteiger partial charge in [-0.1, -0.05) is 44.9 Å². The maximum Gasteiger partial charge on any atom is 0.124 e. The fourth-order valence-electron chi connectivity index (χ4n) is 2.16. The third-order valence-electron chi connectivity index (χ3n) is 3.14. The molecule has 0 aliphatic rings. The van der Waals surface area contributed by atoms with Crippen LogP contribution >= 0.6 is 0 Å². The average Bonchev–Trinajstić information content (AvgIpc) is 2.44. The van der Waals surface area contributed by atoms with E-state index in [0.717, 1.165) is 18.7 Å². The molecule has 3 nitrogen and oxygen atoms in total. The molecule has 1 aromatic rings. The van der Waals surface area contributed by atoms with Gasteiger partial charge in [0.15, 0.2) is 0 Å². The van der Waals surface area contributed by atoms with Crippen LogP contribution in [0.2, 0.25) is 0 Å². The molecule has 0 saturated heterocycles. The molecule has 3 heteroatoms. The van der Waals surface area contributed by atoms with Crippen molar-refractivity contribution < 1.29 is 9.47 Å². The summed E-state index contributed by atoms with van der Waals surface area (Å²) >= 11 is 0. The van der Waals surface area contributed by atoms with Crippen molar-refractivity contribution in [1.82, 2.24) is 5.32 Å². The molecule has 0 saturated carbocycles. The van der Waals surface area contributed by atoms with Crippen LogP contribution < -0.4 is 10.1 Å². The normalized spacial score (nSPS) is 12.4. The van der Waals surface area contributed by atoms with Gasteiger partial charge in [0.25, 0.3) is 0 Å². The molecule has 0 bridgehead atoms. The van der Waals surface area contributed by atoms with Gasteiger partial charge in [-0.25, -0.2) is 0 Å². The van der Waals surface area contributed by atoms with Gasteiger partial charge in [-0.3, -0.25) is 0 Å². The summed E-state index contributed by atoms with van der Waals surface area (Å²) in [5.41, 5.74) is 1.26. The number of hydrogen-bond donors (Lipinski definition) is 1. The molecule has 1 unspecified atom stereocenters. The summed E-state index contributed by atoms with van der Waals surface area (Å²) in [7, 11) is 1.69. The zero-order valence-electron chi connectivity index (χ0n) is 12.4. The molecule has 108 valence electrons. The van der Waals surface area contributed by atoms with Gasteiger partial charge in [0, 0.05) is 18.7 Å². The van der Waals surface area contributed by atoms with E-state index in [-0.39, 0.29) is 0 Å². The van der Waals surface area contributed by atoms with Crippen molar-refractivity contribution in [2.75, 3.05) is 26.9 Å². The predicted molar refractivity (Wildman–Crippen MR) is 79.8 cm³/mol. The summed E-state index contributed by atoms with van der Waals surface area (Å²) in [5, 5.41) is 3.55. The van der Waals surface area contributed by atoms with Crippen LogP contribution in [0.25, 0.3) is 0 Å². The van der Waals surface area contributed by atoms with Crippen LogP contribution in [0, 0.1) is 0 Å². The van der Waals surface area contributed by atoms with Crippen molar-refractivity contribution in [3.05, 3.63) is 29.8 Å². The van der Waals surface area contributed by atoms with E-state index in [2.05, 4.69) is 31.3 Å². The molecule has 0 fully saturated rings. The largest absolute Gasteiger partial charge is 0.491 e. The van der Waals surface area contributed by atoms with Gasteiger partial charge in [0.2, 0.25) is 0 Å². The van der Waals surface area contributed by atoms with E-state index in [1.165, 1.54) is 18.4 Å². The van der Waals surface area contributed by atoms with Gasteiger partial charge in [0.1, 0.15) is 12.4 Å². The SMILES string of the molecule is CCCCC(NCC)c1ccccc1OCCOC. The fraction of sp³-hybridized carbons (Fsp3) is 0.625. The highest BCUT2D eigenvalue weighted by atomic mass is 16.5. The fourth-order valence-corrected chi connectivity index (χ4v) is 2.16. The minimum atomic E-state index is 0.378. The van der Waals surface area contributed by atoms with Crippen LogP contribution in [0.4, 0.5) is 0 Å². The van der Waals surface area contributed by atoms with E-state index in [1.807, 2.05) is 12.1 Å². The van der Waals surface area contributed by atoms with Gasteiger partial charge in [-0.2, -0.15) is 0 Å². The quantitative estimate of drug-likeness (QED) is 0.656. The topological polar surface area (TPSA) is 30.5 Å². The van der Waals surface area contributed by atoms with Crippen LogP contribution in [0.15, 0.2) is 24.3 Å². The predicted octanol–water partition coefficient (Wildman–Crippen LogP) is 3.55.